The van der Waals surface area contributed by atoms with Gasteiger partial charge in [-0.1, -0.05) is 12.1 Å². The Balaban J connectivity index is 2.48. The van der Waals surface area contributed by atoms with E-state index in [4.69, 9.17) is 0 Å². The number of rotatable bonds is 2. The molecule has 5 heteroatoms. The van der Waals surface area contributed by atoms with Gasteiger partial charge < -0.3 is 17.5 Å². The predicted molar refractivity (Wildman–Crippen MR) is 55.8 cm³/mol. The molecule has 0 amide bonds. The maximum Gasteiger partial charge on any atom is 0.497 e. The number of aryl methyl sites for hydroxylation is 1. The minimum atomic E-state index is -4.78. The summed E-state index contributed by atoms with van der Waals surface area (Å²) in [7, 11) is 0. The average Bonchev–Trinajstić information content (AvgIpc) is 2.46. The Bertz CT molecular complexity index is 487. The molecule has 0 spiro atoms. The van der Waals surface area contributed by atoms with Crippen molar-refractivity contribution in [2.75, 3.05) is 0 Å². The number of halogens is 3. The van der Waals surface area contributed by atoms with Crippen molar-refractivity contribution in [2.24, 2.45) is 0 Å². The normalized spacial score (nSPS) is 12.3. The number of hydrogen-bond donors (Lipinski definition) is 0. The Kier molecular flexibility index (Phi) is 2.25. The van der Waals surface area contributed by atoms with Crippen molar-refractivity contribution in [1.29, 1.82) is 0 Å². The third kappa shape index (κ3) is 2.17. The van der Waals surface area contributed by atoms with Crippen LogP contribution in [-0.4, -0.2) is 11.5 Å². The number of fused-ring (bicyclic) bond motifs is 1. The van der Waals surface area contributed by atoms with Gasteiger partial charge in [-0.2, -0.15) is 0 Å². The summed E-state index contributed by atoms with van der Waals surface area (Å²) in [5.74, 6) is 0. The first-order chi connectivity index (χ1) is 6.96. The van der Waals surface area contributed by atoms with Crippen LogP contribution in [0.3, 0.4) is 0 Å². The maximum atomic E-state index is 12.3. The lowest BCUT2D eigenvalue weighted by Gasteiger charge is -2.15. The molecule has 0 N–H and O–H groups in total. The van der Waals surface area contributed by atoms with E-state index in [-0.39, 0.29) is 0 Å². The zero-order valence-corrected chi connectivity index (χ0v) is 8.25. The summed E-state index contributed by atoms with van der Waals surface area (Å²) in [6, 6.07) is 7.21. The Morgan fingerprint density at radius 1 is 1.20 bits per heavy atom. The van der Waals surface area contributed by atoms with Gasteiger partial charge in [0, 0.05) is 11.7 Å². The highest BCUT2D eigenvalue weighted by molar-refractivity contribution is 6.57. The SMILES string of the molecule is Cc1ccc2ccn(C[B-](F)(F)F)c2c1. The third-order valence-corrected chi connectivity index (χ3v) is 2.33. The zero-order valence-electron chi connectivity index (χ0n) is 8.25. The van der Waals surface area contributed by atoms with Crippen LogP contribution >= 0.6 is 0 Å². The second-order valence-corrected chi connectivity index (χ2v) is 3.74. The predicted octanol–water partition coefficient (Wildman–Crippen LogP) is 3.34. The van der Waals surface area contributed by atoms with E-state index < -0.39 is 13.4 Å². The highest BCUT2D eigenvalue weighted by Gasteiger charge is 2.23. The molecule has 0 aliphatic rings. The van der Waals surface area contributed by atoms with Crippen molar-refractivity contribution >= 4 is 17.9 Å². The maximum absolute atomic E-state index is 12.3. The van der Waals surface area contributed by atoms with Crippen molar-refractivity contribution in [1.82, 2.24) is 4.57 Å². The molecule has 0 unspecified atom stereocenters. The van der Waals surface area contributed by atoms with Gasteiger partial charge in [-0.25, -0.2) is 0 Å². The van der Waals surface area contributed by atoms with Crippen molar-refractivity contribution in [2.45, 2.75) is 13.4 Å². The van der Waals surface area contributed by atoms with Gasteiger partial charge in [-0.3, -0.25) is 0 Å². The van der Waals surface area contributed by atoms with Crippen LogP contribution in [0.5, 0.6) is 0 Å². The van der Waals surface area contributed by atoms with Gasteiger partial charge in [-0.15, -0.1) is 0 Å². The minimum Gasteiger partial charge on any atom is -0.448 e. The first-order valence-electron chi connectivity index (χ1n) is 4.72. The number of nitrogens with zero attached hydrogens (tertiary/aromatic N) is 1. The molecule has 80 valence electrons. The Morgan fingerprint density at radius 3 is 2.60 bits per heavy atom. The van der Waals surface area contributed by atoms with E-state index in [0.717, 1.165) is 10.9 Å². The largest absolute Gasteiger partial charge is 0.497 e. The van der Waals surface area contributed by atoms with Crippen molar-refractivity contribution in [3.8, 4) is 0 Å². The van der Waals surface area contributed by atoms with Crippen LogP contribution in [0.4, 0.5) is 12.9 Å². The fraction of sp³-hybridized carbons (Fsp3) is 0.200. The molecule has 0 atom stereocenters. The monoisotopic (exact) mass is 212 g/mol. The van der Waals surface area contributed by atoms with Gasteiger partial charge in [0.25, 0.3) is 0 Å². The molecular weight excluding hydrogens is 202 g/mol. The van der Waals surface area contributed by atoms with Crippen molar-refractivity contribution < 1.29 is 12.9 Å². The van der Waals surface area contributed by atoms with Gasteiger partial charge in [0.1, 0.15) is 0 Å². The van der Waals surface area contributed by atoms with Gasteiger partial charge in [0.05, 0.1) is 0 Å². The summed E-state index contributed by atoms with van der Waals surface area (Å²) >= 11 is 0. The highest BCUT2D eigenvalue weighted by atomic mass is 19.4. The van der Waals surface area contributed by atoms with Crippen molar-refractivity contribution in [3.63, 3.8) is 0 Å². The van der Waals surface area contributed by atoms with Gasteiger partial charge >= 0.3 is 6.98 Å². The summed E-state index contributed by atoms with van der Waals surface area (Å²) in [6.07, 6.45) is 0.617. The van der Waals surface area contributed by atoms with E-state index >= 15 is 0 Å². The number of hydrogen-bond acceptors (Lipinski definition) is 0. The molecule has 0 saturated heterocycles. The summed E-state index contributed by atoms with van der Waals surface area (Å²) in [4.78, 5) is 0. The second-order valence-electron chi connectivity index (χ2n) is 3.74. The lowest BCUT2D eigenvalue weighted by molar-refractivity contribution is 0.448. The topological polar surface area (TPSA) is 4.93 Å². The van der Waals surface area contributed by atoms with E-state index in [1.807, 2.05) is 19.1 Å². The lowest BCUT2D eigenvalue weighted by Crippen LogP contribution is -2.23. The Hall–Kier alpha value is -1.39. The minimum absolute atomic E-state index is 0.647. The van der Waals surface area contributed by atoms with E-state index in [1.54, 1.807) is 12.1 Å². The van der Waals surface area contributed by atoms with Crippen LogP contribution in [0.25, 0.3) is 10.9 Å². The first-order valence-corrected chi connectivity index (χ1v) is 4.72. The van der Waals surface area contributed by atoms with E-state index in [0.29, 0.717) is 5.52 Å². The molecule has 0 fully saturated rings. The van der Waals surface area contributed by atoms with Gasteiger partial charge in [-0.05, 0) is 36.5 Å². The van der Waals surface area contributed by atoms with Crippen LogP contribution in [0, 0.1) is 6.92 Å². The molecule has 1 aromatic heterocycles. The van der Waals surface area contributed by atoms with E-state index in [2.05, 4.69) is 0 Å². The molecule has 1 nitrogen and oxygen atoms in total. The molecule has 1 aromatic carbocycles. The van der Waals surface area contributed by atoms with Crippen LogP contribution in [0.1, 0.15) is 5.56 Å². The quantitative estimate of drug-likeness (QED) is 0.672. The van der Waals surface area contributed by atoms with E-state index in [9.17, 15) is 12.9 Å². The fourth-order valence-corrected chi connectivity index (χ4v) is 1.68. The highest BCUT2D eigenvalue weighted by Crippen LogP contribution is 2.20. The number of aromatic nitrogens is 1. The average molecular weight is 212 g/mol. The summed E-state index contributed by atoms with van der Waals surface area (Å²) in [5, 5.41) is 0.848. The summed E-state index contributed by atoms with van der Waals surface area (Å²) in [6.45, 7) is -2.91. The van der Waals surface area contributed by atoms with Gasteiger partial charge in [0.15, 0.2) is 0 Å². The van der Waals surface area contributed by atoms with Crippen LogP contribution in [0.2, 0.25) is 0 Å². The van der Waals surface area contributed by atoms with E-state index in [1.165, 1.54) is 10.8 Å². The van der Waals surface area contributed by atoms with Crippen LogP contribution in [0.15, 0.2) is 30.5 Å². The van der Waals surface area contributed by atoms with Crippen molar-refractivity contribution in [3.05, 3.63) is 36.0 Å². The molecule has 0 aliphatic carbocycles. The lowest BCUT2D eigenvalue weighted by atomic mass is 9.92. The molecule has 0 radical (unpaired) electrons. The fourth-order valence-electron chi connectivity index (χ4n) is 1.68. The molecular formula is C10H10BF3N-. The smallest absolute Gasteiger partial charge is 0.448 e. The number of benzene rings is 1. The molecule has 2 rings (SSSR count). The second kappa shape index (κ2) is 3.33. The molecule has 1 heterocycles. The molecule has 15 heavy (non-hydrogen) atoms. The molecule has 0 saturated carbocycles. The molecule has 2 aromatic rings. The first kappa shape index (κ1) is 10.1. The molecule has 0 bridgehead atoms. The zero-order chi connectivity index (χ0) is 11.1. The Morgan fingerprint density at radius 2 is 1.93 bits per heavy atom. The standard InChI is InChI=1S/C10H10BF3N/c1-8-2-3-9-4-5-15(10(9)6-8)7-11(12,13)14/h2-6H,7H2,1H3/q-1. The molecule has 0 aliphatic heterocycles. The third-order valence-electron chi connectivity index (χ3n) is 2.33. The summed E-state index contributed by atoms with van der Waals surface area (Å²) in [5.41, 5.74) is 1.62. The summed E-state index contributed by atoms with van der Waals surface area (Å²) < 4.78 is 38.1. The van der Waals surface area contributed by atoms with Crippen LogP contribution in [-0.2, 0) is 6.44 Å². The van der Waals surface area contributed by atoms with Crippen LogP contribution < -0.4 is 0 Å². The Labute approximate surface area is 85.6 Å². The van der Waals surface area contributed by atoms with Gasteiger partial charge in [0.2, 0.25) is 0 Å².